The minimum Gasteiger partial charge on any atom is -0.469 e. The van der Waals surface area contributed by atoms with E-state index in [1.807, 2.05) is 14.0 Å². The van der Waals surface area contributed by atoms with Gasteiger partial charge in [0.1, 0.15) is 12.0 Å². The topological polar surface area (TPSA) is 54.3 Å². The monoisotopic (exact) mass is 196 g/mol. The SMILES string of the molecule is CNCCCNC(=O)c1coc(C)c1. The summed E-state index contributed by atoms with van der Waals surface area (Å²) in [5.41, 5.74) is 0.590. The summed E-state index contributed by atoms with van der Waals surface area (Å²) in [6, 6.07) is 1.73. The predicted octanol–water partition coefficient (Wildman–Crippen LogP) is 0.927. The van der Waals surface area contributed by atoms with E-state index in [9.17, 15) is 4.79 Å². The Bertz CT molecular complexity index is 294. The highest BCUT2D eigenvalue weighted by atomic mass is 16.3. The van der Waals surface area contributed by atoms with Crippen LogP contribution in [0.25, 0.3) is 0 Å². The highest BCUT2D eigenvalue weighted by molar-refractivity contribution is 5.93. The molecule has 4 nitrogen and oxygen atoms in total. The van der Waals surface area contributed by atoms with Gasteiger partial charge in [-0.05, 0) is 33.0 Å². The molecule has 0 spiro atoms. The van der Waals surface area contributed by atoms with Gasteiger partial charge in [0, 0.05) is 6.54 Å². The van der Waals surface area contributed by atoms with Crippen molar-refractivity contribution in [3.05, 3.63) is 23.7 Å². The third-order valence-electron chi connectivity index (χ3n) is 1.88. The van der Waals surface area contributed by atoms with Gasteiger partial charge in [-0.2, -0.15) is 0 Å². The molecule has 0 aliphatic heterocycles. The normalized spacial score (nSPS) is 10.1. The van der Waals surface area contributed by atoms with Crippen LogP contribution in [0, 0.1) is 6.92 Å². The average molecular weight is 196 g/mol. The second-order valence-corrected chi connectivity index (χ2v) is 3.16. The molecule has 1 aromatic rings. The lowest BCUT2D eigenvalue weighted by molar-refractivity contribution is 0.0952. The molecule has 0 saturated heterocycles. The maximum Gasteiger partial charge on any atom is 0.254 e. The molecule has 1 aromatic heterocycles. The van der Waals surface area contributed by atoms with Crippen LogP contribution in [0.3, 0.4) is 0 Å². The van der Waals surface area contributed by atoms with Crippen LogP contribution in [0.5, 0.6) is 0 Å². The minimum absolute atomic E-state index is 0.0713. The maximum atomic E-state index is 11.4. The molecule has 4 heteroatoms. The van der Waals surface area contributed by atoms with E-state index >= 15 is 0 Å². The standard InChI is InChI=1S/C10H16N2O2/c1-8-6-9(7-14-8)10(13)12-5-3-4-11-2/h6-7,11H,3-5H2,1-2H3,(H,12,13). The summed E-state index contributed by atoms with van der Waals surface area (Å²) >= 11 is 0. The van der Waals surface area contributed by atoms with Crippen molar-refractivity contribution < 1.29 is 9.21 Å². The largest absolute Gasteiger partial charge is 0.469 e. The van der Waals surface area contributed by atoms with Crippen LogP contribution in [-0.4, -0.2) is 26.0 Å². The predicted molar refractivity (Wildman–Crippen MR) is 54.3 cm³/mol. The van der Waals surface area contributed by atoms with Gasteiger partial charge in [-0.3, -0.25) is 4.79 Å². The summed E-state index contributed by atoms with van der Waals surface area (Å²) in [7, 11) is 1.89. The number of carbonyl (C=O) groups excluding carboxylic acids is 1. The summed E-state index contributed by atoms with van der Waals surface area (Å²) in [6.07, 6.45) is 2.40. The van der Waals surface area contributed by atoms with Gasteiger partial charge in [-0.15, -0.1) is 0 Å². The van der Waals surface area contributed by atoms with Crippen LogP contribution in [0.2, 0.25) is 0 Å². The molecule has 1 rings (SSSR count). The lowest BCUT2D eigenvalue weighted by atomic mass is 10.3. The molecule has 0 unspecified atom stereocenters. The highest BCUT2D eigenvalue weighted by Gasteiger charge is 2.06. The molecule has 78 valence electrons. The average Bonchev–Trinajstić information content (AvgIpc) is 2.59. The van der Waals surface area contributed by atoms with Crippen LogP contribution < -0.4 is 10.6 Å². The third-order valence-corrected chi connectivity index (χ3v) is 1.88. The van der Waals surface area contributed by atoms with Gasteiger partial charge in [0.2, 0.25) is 0 Å². The molecular formula is C10H16N2O2. The van der Waals surface area contributed by atoms with Crippen molar-refractivity contribution in [1.82, 2.24) is 10.6 Å². The van der Waals surface area contributed by atoms with E-state index in [1.165, 1.54) is 6.26 Å². The first-order valence-electron chi connectivity index (χ1n) is 4.72. The second-order valence-electron chi connectivity index (χ2n) is 3.16. The van der Waals surface area contributed by atoms with Crippen molar-refractivity contribution in [3.8, 4) is 0 Å². The van der Waals surface area contributed by atoms with Crippen molar-refractivity contribution in [2.45, 2.75) is 13.3 Å². The molecule has 2 N–H and O–H groups in total. The van der Waals surface area contributed by atoms with Crippen molar-refractivity contribution in [1.29, 1.82) is 0 Å². The first-order valence-corrected chi connectivity index (χ1v) is 4.72. The Hall–Kier alpha value is -1.29. The van der Waals surface area contributed by atoms with Crippen molar-refractivity contribution >= 4 is 5.91 Å². The first kappa shape index (κ1) is 10.8. The van der Waals surface area contributed by atoms with Gasteiger partial charge < -0.3 is 15.1 Å². The van der Waals surface area contributed by atoms with Crippen molar-refractivity contribution in [2.75, 3.05) is 20.1 Å². The van der Waals surface area contributed by atoms with Gasteiger partial charge in [-0.25, -0.2) is 0 Å². The van der Waals surface area contributed by atoms with Crippen LogP contribution >= 0.6 is 0 Å². The number of hydrogen-bond acceptors (Lipinski definition) is 3. The summed E-state index contributed by atoms with van der Waals surface area (Å²) in [5.74, 6) is 0.684. The van der Waals surface area contributed by atoms with Gasteiger partial charge in [0.15, 0.2) is 0 Å². The fourth-order valence-electron chi connectivity index (χ4n) is 1.13. The van der Waals surface area contributed by atoms with Crippen LogP contribution in [0.4, 0.5) is 0 Å². The molecule has 0 aromatic carbocycles. The number of carbonyl (C=O) groups is 1. The molecule has 1 heterocycles. The Labute approximate surface area is 83.7 Å². The first-order chi connectivity index (χ1) is 6.74. The number of rotatable bonds is 5. The zero-order valence-electron chi connectivity index (χ0n) is 8.59. The van der Waals surface area contributed by atoms with Gasteiger partial charge in [0.25, 0.3) is 5.91 Å². The highest BCUT2D eigenvalue weighted by Crippen LogP contribution is 2.05. The van der Waals surface area contributed by atoms with E-state index < -0.39 is 0 Å². The smallest absolute Gasteiger partial charge is 0.254 e. The van der Waals surface area contributed by atoms with Crippen LogP contribution in [0.15, 0.2) is 16.7 Å². The molecular weight excluding hydrogens is 180 g/mol. The molecule has 0 bridgehead atoms. The van der Waals surface area contributed by atoms with E-state index in [4.69, 9.17) is 4.42 Å². The van der Waals surface area contributed by atoms with Crippen molar-refractivity contribution in [2.24, 2.45) is 0 Å². The molecule has 0 aliphatic carbocycles. The number of hydrogen-bond donors (Lipinski definition) is 2. The lowest BCUT2D eigenvalue weighted by Gasteiger charge is -2.02. The van der Waals surface area contributed by atoms with Gasteiger partial charge in [0.05, 0.1) is 5.56 Å². The number of furan rings is 1. The van der Waals surface area contributed by atoms with E-state index in [0.717, 1.165) is 18.7 Å². The number of aryl methyl sites for hydroxylation is 1. The molecule has 0 atom stereocenters. The van der Waals surface area contributed by atoms with Gasteiger partial charge >= 0.3 is 0 Å². The molecule has 0 radical (unpaired) electrons. The summed E-state index contributed by atoms with van der Waals surface area (Å²) in [4.78, 5) is 11.4. The summed E-state index contributed by atoms with van der Waals surface area (Å²) < 4.78 is 5.04. The number of amides is 1. The van der Waals surface area contributed by atoms with Gasteiger partial charge in [-0.1, -0.05) is 0 Å². The molecule has 0 aliphatic rings. The van der Waals surface area contributed by atoms with Crippen molar-refractivity contribution in [3.63, 3.8) is 0 Å². The Kier molecular flexibility index (Phi) is 4.19. The van der Waals surface area contributed by atoms with Crippen LogP contribution in [-0.2, 0) is 0 Å². The molecule has 1 amide bonds. The van der Waals surface area contributed by atoms with Crippen LogP contribution in [0.1, 0.15) is 22.5 Å². The second kappa shape index (κ2) is 5.44. The fraction of sp³-hybridized carbons (Fsp3) is 0.500. The minimum atomic E-state index is -0.0713. The molecule has 14 heavy (non-hydrogen) atoms. The Balaban J connectivity index is 2.29. The lowest BCUT2D eigenvalue weighted by Crippen LogP contribution is -2.26. The molecule has 0 fully saturated rings. The zero-order valence-corrected chi connectivity index (χ0v) is 8.59. The Morgan fingerprint density at radius 3 is 2.86 bits per heavy atom. The summed E-state index contributed by atoms with van der Waals surface area (Å²) in [5, 5.41) is 5.82. The Morgan fingerprint density at radius 2 is 2.29 bits per heavy atom. The fourth-order valence-corrected chi connectivity index (χ4v) is 1.13. The van der Waals surface area contributed by atoms with E-state index in [-0.39, 0.29) is 5.91 Å². The Morgan fingerprint density at radius 1 is 1.50 bits per heavy atom. The zero-order chi connectivity index (χ0) is 10.4. The third kappa shape index (κ3) is 3.22. The number of nitrogens with one attached hydrogen (secondary N) is 2. The summed E-state index contributed by atoms with van der Waals surface area (Å²) in [6.45, 7) is 3.41. The van der Waals surface area contributed by atoms with E-state index in [1.54, 1.807) is 6.07 Å². The van der Waals surface area contributed by atoms with E-state index in [2.05, 4.69) is 10.6 Å². The van der Waals surface area contributed by atoms with E-state index in [0.29, 0.717) is 12.1 Å². The quantitative estimate of drug-likeness (QED) is 0.689. The maximum absolute atomic E-state index is 11.4. The molecule has 0 saturated carbocycles.